The van der Waals surface area contributed by atoms with Gasteiger partial charge < -0.3 is 14.4 Å². The van der Waals surface area contributed by atoms with Crippen LogP contribution < -0.4 is 0 Å². The largest absolute Gasteiger partial charge is 0.466 e. The summed E-state index contributed by atoms with van der Waals surface area (Å²) in [5.74, 6) is 2.44. The van der Waals surface area contributed by atoms with Gasteiger partial charge in [0.2, 0.25) is 5.91 Å². The highest BCUT2D eigenvalue weighted by Gasteiger charge is 2.32. The van der Waals surface area contributed by atoms with Gasteiger partial charge in [-0.15, -0.1) is 0 Å². The number of aryl methyl sites for hydroxylation is 1. The minimum absolute atomic E-state index is 0.185. The summed E-state index contributed by atoms with van der Waals surface area (Å²) in [4.78, 5) is 16.8. The number of hydrogen-bond donors (Lipinski definition) is 1. The second kappa shape index (κ2) is 8.37. The topological polar surface area (TPSA) is 56.9 Å². The zero-order valence-corrected chi connectivity index (χ0v) is 15.6. The molecule has 0 bridgehead atoms. The third kappa shape index (κ3) is 4.85. The number of carbonyl (C=O) groups is 1. The lowest BCUT2D eigenvalue weighted by Gasteiger charge is -2.34. The van der Waals surface area contributed by atoms with Crippen molar-refractivity contribution in [3.05, 3.63) is 23.7 Å². The van der Waals surface area contributed by atoms with Crippen LogP contribution in [0.15, 0.2) is 16.5 Å². The van der Waals surface area contributed by atoms with Crippen molar-refractivity contribution in [2.45, 2.75) is 70.4 Å². The summed E-state index contributed by atoms with van der Waals surface area (Å²) in [5.41, 5.74) is 0. The minimum atomic E-state index is -0.450. The van der Waals surface area contributed by atoms with Crippen LogP contribution in [0.4, 0.5) is 0 Å². The Kier molecular flexibility index (Phi) is 6.18. The minimum Gasteiger partial charge on any atom is -0.466 e. The Bertz CT molecular complexity index is 565. The SMILES string of the molecule is Cc1ccc(C(C)CCN2CC(=O)N(C3CCCCC3)CC(O)C2)o1. The zero-order valence-electron chi connectivity index (χ0n) is 15.6. The second-order valence-corrected chi connectivity index (χ2v) is 7.87. The van der Waals surface area contributed by atoms with Gasteiger partial charge in [0, 0.05) is 25.0 Å². The summed E-state index contributed by atoms with van der Waals surface area (Å²) >= 11 is 0. The monoisotopic (exact) mass is 348 g/mol. The smallest absolute Gasteiger partial charge is 0.237 e. The van der Waals surface area contributed by atoms with Crippen LogP contribution in [0.3, 0.4) is 0 Å². The molecule has 1 aromatic rings. The molecule has 2 atom stereocenters. The summed E-state index contributed by atoms with van der Waals surface area (Å²) in [6, 6.07) is 4.36. The van der Waals surface area contributed by atoms with Gasteiger partial charge in [-0.2, -0.15) is 0 Å². The molecule has 1 saturated carbocycles. The molecule has 2 aliphatic rings. The van der Waals surface area contributed by atoms with Crippen LogP contribution >= 0.6 is 0 Å². The fraction of sp³-hybridized carbons (Fsp3) is 0.750. The molecule has 0 aromatic carbocycles. The van der Waals surface area contributed by atoms with Gasteiger partial charge in [0.05, 0.1) is 12.6 Å². The van der Waals surface area contributed by atoms with E-state index >= 15 is 0 Å². The standard InChI is InChI=1S/C20H32N2O3/c1-15(19-9-8-16(2)25-19)10-11-21-12-18(23)13-22(20(24)14-21)17-6-4-3-5-7-17/h8-9,15,17-18,23H,3-7,10-14H2,1-2H3. The molecule has 1 amide bonds. The molecule has 2 heterocycles. The average Bonchev–Trinajstić information content (AvgIpc) is 2.98. The maximum absolute atomic E-state index is 12.7. The molecule has 1 aliphatic carbocycles. The van der Waals surface area contributed by atoms with Gasteiger partial charge in [0.15, 0.2) is 0 Å². The normalized spacial score (nSPS) is 25.2. The summed E-state index contributed by atoms with van der Waals surface area (Å²) in [7, 11) is 0. The number of furan rings is 1. The predicted octanol–water partition coefficient (Wildman–Crippen LogP) is 2.92. The van der Waals surface area contributed by atoms with E-state index < -0.39 is 6.10 Å². The Hall–Kier alpha value is -1.33. The molecule has 1 aromatic heterocycles. The van der Waals surface area contributed by atoms with Gasteiger partial charge in [-0.25, -0.2) is 0 Å². The molecule has 2 fully saturated rings. The fourth-order valence-electron chi connectivity index (χ4n) is 4.18. The molecular formula is C20H32N2O3. The number of amides is 1. The van der Waals surface area contributed by atoms with E-state index in [1.54, 1.807) is 0 Å². The number of nitrogens with zero attached hydrogens (tertiary/aromatic N) is 2. The third-order valence-corrected chi connectivity index (χ3v) is 5.70. The molecule has 0 radical (unpaired) electrons. The summed E-state index contributed by atoms with van der Waals surface area (Å²) in [6.07, 6.45) is 6.34. The van der Waals surface area contributed by atoms with Crippen LogP contribution in [0.2, 0.25) is 0 Å². The van der Waals surface area contributed by atoms with E-state index in [1.807, 2.05) is 24.0 Å². The molecule has 3 rings (SSSR count). The Balaban J connectivity index is 1.55. The summed E-state index contributed by atoms with van der Waals surface area (Å²) in [5, 5.41) is 10.4. The lowest BCUT2D eigenvalue weighted by atomic mass is 9.94. The van der Waals surface area contributed by atoms with Crippen molar-refractivity contribution in [3.8, 4) is 0 Å². The molecule has 140 valence electrons. The number of hydrogen-bond acceptors (Lipinski definition) is 4. The first-order valence-corrected chi connectivity index (χ1v) is 9.79. The molecule has 25 heavy (non-hydrogen) atoms. The van der Waals surface area contributed by atoms with Crippen molar-refractivity contribution in [1.82, 2.24) is 9.80 Å². The molecular weight excluding hydrogens is 316 g/mol. The first-order chi connectivity index (χ1) is 12.0. The predicted molar refractivity (Wildman–Crippen MR) is 97.5 cm³/mol. The first kappa shape index (κ1) is 18.5. The molecule has 1 saturated heterocycles. The van der Waals surface area contributed by atoms with Crippen molar-refractivity contribution in [2.24, 2.45) is 0 Å². The van der Waals surface area contributed by atoms with E-state index in [-0.39, 0.29) is 5.91 Å². The first-order valence-electron chi connectivity index (χ1n) is 9.79. The highest BCUT2D eigenvalue weighted by Crippen LogP contribution is 2.25. The third-order valence-electron chi connectivity index (χ3n) is 5.70. The van der Waals surface area contributed by atoms with E-state index in [0.29, 0.717) is 31.6 Å². The van der Waals surface area contributed by atoms with Crippen LogP contribution in [0.5, 0.6) is 0 Å². The van der Waals surface area contributed by atoms with E-state index in [4.69, 9.17) is 4.42 Å². The van der Waals surface area contributed by atoms with Crippen molar-refractivity contribution in [1.29, 1.82) is 0 Å². The Morgan fingerprint density at radius 2 is 2.00 bits per heavy atom. The van der Waals surface area contributed by atoms with Crippen LogP contribution in [0.25, 0.3) is 0 Å². The molecule has 5 heteroatoms. The Morgan fingerprint density at radius 1 is 1.24 bits per heavy atom. The van der Waals surface area contributed by atoms with Gasteiger partial charge >= 0.3 is 0 Å². The van der Waals surface area contributed by atoms with Gasteiger partial charge in [0.25, 0.3) is 0 Å². The molecule has 5 nitrogen and oxygen atoms in total. The van der Waals surface area contributed by atoms with Gasteiger partial charge in [0.1, 0.15) is 11.5 Å². The lowest BCUT2D eigenvalue weighted by Crippen LogP contribution is -2.45. The van der Waals surface area contributed by atoms with Crippen molar-refractivity contribution < 1.29 is 14.3 Å². The molecule has 1 N–H and O–H groups in total. The van der Waals surface area contributed by atoms with E-state index in [1.165, 1.54) is 19.3 Å². The van der Waals surface area contributed by atoms with Crippen LogP contribution in [-0.2, 0) is 4.79 Å². The number of carbonyl (C=O) groups excluding carboxylic acids is 1. The van der Waals surface area contributed by atoms with Crippen LogP contribution in [0.1, 0.15) is 62.9 Å². The van der Waals surface area contributed by atoms with Crippen LogP contribution in [0, 0.1) is 6.92 Å². The number of aliphatic hydroxyl groups is 1. The maximum atomic E-state index is 12.7. The maximum Gasteiger partial charge on any atom is 0.237 e. The van der Waals surface area contributed by atoms with E-state index in [0.717, 1.165) is 37.3 Å². The Morgan fingerprint density at radius 3 is 2.68 bits per heavy atom. The fourth-order valence-corrected chi connectivity index (χ4v) is 4.18. The summed E-state index contributed by atoms with van der Waals surface area (Å²) < 4.78 is 5.71. The zero-order chi connectivity index (χ0) is 17.8. The van der Waals surface area contributed by atoms with Gasteiger partial charge in [-0.05, 0) is 44.9 Å². The van der Waals surface area contributed by atoms with Crippen molar-refractivity contribution >= 4 is 5.91 Å². The second-order valence-electron chi connectivity index (χ2n) is 7.87. The molecule has 1 aliphatic heterocycles. The van der Waals surface area contributed by atoms with Crippen LogP contribution in [-0.4, -0.2) is 59.1 Å². The lowest BCUT2D eigenvalue weighted by molar-refractivity contribution is -0.134. The number of aliphatic hydroxyl groups excluding tert-OH is 1. The van der Waals surface area contributed by atoms with Gasteiger partial charge in [-0.3, -0.25) is 9.69 Å². The van der Waals surface area contributed by atoms with Gasteiger partial charge in [-0.1, -0.05) is 26.2 Å². The summed E-state index contributed by atoms with van der Waals surface area (Å²) in [6.45, 7) is 6.42. The molecule has 0 spiro atoms. The van der Waals surface area contributed by atoms with Crippen molar-refractivity contribution in [2.75, 3.05) is 26.2 Å². The average molecular weight is 348 g/mol. The van der Waals surface area contributed by atoms with Crippen molar-refractivity contribution in [3.63, 3.8) is 0 Å². The highest BCUT2D eigenvalue weighted by molar-refractivity contribution is 5.79. The number of β-amino-alcohol motifs (C(OH)–C–C–N with tert-alkyl or cyclic N) is 1. The Labute approximate surface area is 151 Å². The number of rotatable bonds is 5. The quantitative estimate of drug-likeness (QED) is 0.889. The van der Waals surface area contributed by atoms with E-state index in [9.17, 15) is 9.90 Å². The van der Waals surface area contributed by atoms with E-state index in [2.05, 4.69) is 11.8 Å². The molecule has 2 unspecified atom stereocenters. The highest BCUT2D eigenvalue weighted by atomic mass is 16.3.